The van der Waals surface area contributed by atoms with Crippen LogP contribution < -0.4 is 11.1 Å². The van der Waals surface area contributed by atoms with Crippen LogP contribution in [0.4, 0.5) is 5.82 Å². The van der Waals surface area contributed by atoms with E-state index in [1.807, 2.05) is 35.0 Å². The van der Waals surface area contributed by atoms with Gasteiger partial charge in [-0.1, -0.05) is 37.1 Å². The van der Waals surface area contributed by atoms with Crippen LogP contribution in [-0.4, -0.2) is 32.8 Å². The number of imidazole rings is 1. The highest BCUT2D eigenvalue weighted by molar-refractivity contribution is 5.64. The Kier molecular flexibility index (Phi) is 4.10. The molecule has 1 aromatic carbocycles. The predicted octanol–water partition coefficient (Wildman–Crippen LogP) is 3.37. The van der Waals surface area contributed by atoms with Gasteiger partial charge in [-0.05, 0) is 37.0 Å². The Morgan fingerprint density at radius 2 is 1.96 bits per heavy atom. The van der Waals surface area contributed by atoms with Crippen LogP contribution in [0.2, 0.25) is 0 Å². The van der Waals surface area contributed by atoms with E-state index in [0.717, 1.165) is 41.3 Å². The van der Waals surface area contributed by atoms with Gasteiger partial charge in [-0.3, -0.25) is 0 Å². The third-order valence-corrected chi connectivity index (χ3v) is 5.92. The van der Waals surface area contributed by atoms with Crippen LogP contribution in [0.25, 0.3) is 16.9 Å². The lowest BCUT2D eigenvalue weighted by Crippen LogP contribution is -2.25. The van der Waals surface area contributed by atoms with Crippen molar-refractivity contribution in [3.8, 4) is 11.3 Å². The van der Waals surface area contributed by atoms with E-state index < -0.39 is 0 Å². The molecular formula is C21H25N5O. The summed E-state index contributed by atoms with van der Waals surface area (Å²) in [5.74, 6) is 0.865. The van der Waals surface area contributed by atoms with Gasteiger partial charge in [0.1, 0.15) is 5.82 Å². The maximum absolute atomic E-state index is 6.15. The SMILES string of the molecule is NCc1ccc(-c2cnc3ccc(NC4COC5(CCCC5)C4)nn23)cc1. The van der Waals surface area contributed by atoms with Crippen LogP contribution in [0, 0.1) is 0 Å². The molecule has 2 aliphatic rings. The zero-order chi connectivity index (χ0) is 18.3. The number of nitrogens with zero attached hydrogens (tertiary/aromatic N) is 3. The summed E-state index contributed by atoms with van der Waals surface area (Å²) in [6, 6.07) is 12.6. The van der Waals surface area contributed by atoms with E-state index in [4.69, 9.17) is 15.6 Å². The molecule has 0 radical (unpaired) electrons. The molecule has 1 aliphatic heterocycles. The molecular weight excluding hydrogens is 338 g/mol. The van der Waals surface area contributed by atoms with Crippen LogP contribution >= 0.6 is 0 Å². The lowest BCUT2D eigenvalue weighted by Gasteiger charge is -2.21. The molecule has 140 valence electrons. The Balaban J connectivity index is 1.39. The summed E-state index contributed by atoms with van der Waals surface area (Å²) < 4.78 is 8.06. The third-order valence-electron chi connectivity index (χ3n) is 5.92. The molecule has 3 aromatic rings. The average molecular weight is 363 g/mol. The van der Waals surface area contributed by atoms with E-state index in [9.17, 15) is 0 Å². The molecule has 1 atom stereocenters. The fourth-order valence-corrected chi connectivity index (χ4v) is 4.47. The second kappa shape index (κ2) is 6.62. The molecule has 0 bridgehead atoms. The summed E-state index contributed by atoms with van der Waals surface area (Å²) in [6.07, 6.45) is 7.92. The first-order valence-corrected chi connectivity index (χ1v) is 9.79. The van der Waals surface area contributed by atoms with Crippen molar-refractivity contribution in [2.45, 2.75) is 50.3 Å². The number of benzene rings is 1. The van der Waals surface area contributed by atoms with E-state index in [1.165, 1.54) is 25.7 Å². The zero-order valence-electron chi connectivity index (χ0n) is 15.4. The molecule has 2 fully saturated rings. The summed E-state index contributed by atoms with van der Waals surface area (Å²) in [5.41, 5.74) is 9.84. The molecule has 0 amide bonds. The number of nitrogens with one attached hydrogen (secondary N) is 1. The van der Waals surface area contributed by atoms with Crippen molar-refractivity contribution in [2.75, 3.05) is 11.9 Å². The number of hydrogen-bond acceptors (Lipinski definition) is 5. The maximum Gasteiger partial charge on any atom is 0.154 e. The summed E-state index contributed by atoms with van der Waals surface area (Å²) in [7, 11) is 0. The van der Waals surface area contributed by atoms with Crippen LogP contribution in [0.3, 0.4) is 0 Å². The Morgan fingerprint density at radius 3 is 2.74 bits per heavy atom. The average Bonchev–Trinajstić information content (AvgIpc) is 3.43. The monoisotopic (exact) mass is 363 g/mol. The molecule has 1 spiro atoms. The Labute approximate surface area is 158 Å². The number of rotatable bonds is 4. The van der Waals surface area contributed by atoms with Gasteiger partial charge in [-0.2, -0.15) is 0 Å². The minimum atomic E-state index is 0.118. The summed E-state index contributed by atoms with van der Waals surface area (Å²) in [6.45, 7) is 1.31. The molecule has 6 nitrogen and oxygen atoms in total. The van der Waals surface area contributed by atoms with E-state index in [1.54, 1.807) is 0 Å². The number of ether oxygens (including phenoxy) is 1. The van der Waals surface area contributed by atoms with Crippen molar-refractivity contribution in [3.63, 3.8) is 0 Å². The largest absolute Gasteiger partial charge is 0.373 e. The Hall–Kier alpha value is -2.44. The number of hydrogen-bond donors (Lipinski definition) is 2. The predicted molar refractivity (Wildman–Crippen MR) is 105 cm³/mol. The smallest absolute Gasteiger partial charge is 0.154 e. The molecule has 1 aliphatic carbocycles. The van der Waals surface area contributed by atoms with Gasteiger partial charge in [0.2, 0.25) is 0 Å². The number of fused-ring (bicyclic) bond motifs is 1. The van der Waals surface area contributed by atoms with Crippen LogP contribution in [-0.2, 0) is 11.3 Å². The quantitative estimate of drug-likeness (QED) is 0.743. The lowest BCUT2D eigenvalue weighted by molar-refractivity contribution is 0.0103. The first-order chi connectivity index (χ1) is 13.2. The zero-order valence-corrected chi connectivity index (χ0v) is 15.4. The Morgan fingerprint density at radius 1 is 1.15 bits per heavy atom. The second-order valence-corrected chi connectivity index (χ2v) is 7.78. The van der Waals surface area contributed by atoms with Crippen molar-refractivity contribution in [1.82, 2.24) is 14.6 Å². The van der Waals surface area contributed by atoms with Gasteiger partial charge < -0.3 is 15.8 Å². The van der Waals surface area contributed by atoms with Crippen molar-refractivity contribution in [1.29, 1.82) is 0 Å². The van der Waals surface area contributed by atoms with Crippen molar-refractivity contribution in [2.24, 2.45) is 5.73 Å². The van der Waals surface area contributed by atoms with Crippen LogP contribution in [0.5, 0.6) is 0 Å². The van der Waals surface area contributed by atoms with Gasteiger partial charge in [0, 0.05) is 12.1 Å². The highest BCUT2D eigenvalue weighted by Gasteiger charge is 2.42. The molecule has 1 saturated carbocycles. The lowest BCUT2D eigenvalue weighted by atomic mass is 9.96. The second-order valence-electron chi connectivity index (χ2n) is 7.78. The van der Waals surface area contributed by atoms with Crippen LogP contribution in [0.15, 0.2) is 42.6 Å². The van der Waals surface area contributed by atoms with Gasteiger partial charge in [0.15, 0.2) is 5.65 Å². The molecule has 3 heterocycles. The van der Waals surface area contributed by atoms with Crippen molar-refractivity contribution < 1.29 is 4.74 Å². The van der Waals surface area contributed by atoms with Gasteiger partial charge in [0.05, 0.1) is 30.1 Å². The molecule has 3 N–H and O–H groups in total. The number of aromatic nitrogens is 3. The van der Waals surface area contributed by atoms with Gasteiger partial charge in [-0.15, -0.1) is 5.10 Å². The summed E-state index contributed by atoms with van der Waals surface area (Å²) in [4.78, 5) is 4.49. The summed E-state index contributed by atoms with van der Waals surface area (Å²) in [5, 5.41) is 8.37. The minimum Gasteiger partial charge on any atom is -0.373 e. The highest BCUT2D eigenvalue weighted by atomic mass is 16.5. The van der Waals surface area contributed by atoms with E-state index in [2.05, 4.69) is 22.4 Å². The molecule has 1 saturated heterocycles. The first-order valence-electron chi connectivity index (χ1n) is 9.79. The normalized spacial score (nSPS) is 21.3. The molecule has 2 aromatic heterocycles. The van der Waals surface area contributed by atoms with Crippen LogP contribution in [0.1, 0.15) is 37.7 Å². The number of nitrogens with two attached hydrogens (primary N) is 1. The minimum absolute atomic E-state index is 0.118. The molecule has 27 heavy (non-hydrogen) atoms. The van der Waals surface area contributed by atoms with E-state index in [-0.39, 0.29) is 5.60 Å². The van der Waals surface area contributed by atoms with Gasteiger partial charge in [-0.25, -0.2) is 9.50 Å². The number of anilines is 1. The molecule has 1 unspecified atom stereocenters. The van der Waals surface area contributed by atoms with Crippen molar-refractivity contribution >= 4 is 11.5 Å². The van der Waals surface area contributed by atoms with Gasteiger partial charge >= 0.3 is 0 Å². The first kappa shape index (κ1) is 16.7. The Bertz CT molecular complexity index is 943. The molecule has 6 heteroatoms. The standard InChI is InChI=1S/C21H25N5O/c22-12-15-3-5-16(6-4-15)18-13-23-20-8-7-19(25-26(18)20)24-17-11-21(27-14-17)9-1-2-10-21/h3-8,13,17H,1-2,9-12,14,22H2,(H,24,25). The summed E-state index contributed by atoms with van der Waals surface area (Å²) >= 11 is 0. The topological polar surface area (TPSA) is 77.5 Å². The third kappa shape index (κ3) is 3.09. The fourth-order valence-electron chi connectivity index (χ4n) is 4.47. The van der Waals surface area contributed by atoms with Gasteiger partial charge in [0.25, 0.3) is 0 Å². The van der Waals surface area contributed by atoms with E-state index >= 15 is 0 Å². The van der Waals surface area contributed by atoms with Crippen molar-refractivity contribution in [3.05, 3.63) is 48.2 Å². The molecule has 5 rings (SSSR count). The maximum atomic E-state index is 6.15. The van der Waals surface area contributed by atoms with E-state index in [0.29, 0.717) is 12.6 Å². The highest BCUT2D eigenvalue weighted by Crippen LogP contribution is 2.41. The fraction of sp³-hybridized carbons (Fsp3) is 0.429.